The van der Waals surface area contributed by atoms with Crippen molar-refractivity contribution < 1.29 is 24.5 Å². The maximum absolute atomic E-state index is 13.0. The summed E-state index contributed by atoms with van der Waals surface area (Å²) in [7, 11) is 0. The summed E-state index contributed by atoms with van der Waals surface area (Å²) in [4.78, 5) is 29.5. The molecule has 0 aliphatic carbocycles. The smallest absolute Gasteiger partial charge is 0.410 e. The number of nitrogens with one attached hydrogen (secondary N) is 1. The van der Waals surface area contributed by atoms with Crippen LogP contribution < -0.4 is 5.32 Å². The largest absolute Gasteiger partial charge is 0.508 e. The summed E-state index contributed by atoms with van der Waals surface area (Å²) in [6, 6.07) is 25.2. The van der Waals surface area contributed by atoms with Gasteiger partial charge in [-0.1, -0.05) is 54.6 Å². The number of carbonyl (C=O) groups is 2. The van der Waals surface area contributed by atoms with E-state index >= 15 is 0 Å². The van der Waals surface area contributed by atoms with Crippen molar-refractivity contribution >= 4 is 28.8 Å². The van der Waals surface area contributed by atoms with Crippen molar-refractivity contribution in [2.45, 2.75) is 39.2 Å². The minimum absolute atomic E-state index is 0.0658. The molecule has 3 N–H and O–H groups in total. The van der Waals surface area contributed by atoms with Crippen molar-refractivity contribution in [2.75, 3.05) is 44.6 Å². The second-order valence-corrected chi connectivity index (χ2v) is 12.8. The third kappa shape index (κ3) is 7.87. The Bertz CT molecular complexity index is 1450. The van der Waals surface area contributed by atoms with Crippen LogP contribution in [0.15, 0.2) is 78.9 Å². The molecule has 2 aliphatic rings. The van der Waals surface area contributed by atoms with Crippen LogP contribution >= 0.6 is 0 Å². The topological polar surface area (TPSA) is 102 Å². The average molecular weight is 598 g/mol. The molecule has 8 nitrogen and oxygen atoms in total. The zero-order valence-corrected chi connectivity index (χ0v) is 25.8. The molecular weight excluding hydrogens is 554 g/mol. The Morgan fingerprint density at radius 3 is 2.00 bits per heavy atom. The summed E-state index contributed by atoms with van der Waals surface area (Å²) in [5, 5.41) is 22.6. The van der Waals surface area contributed by atoms with Gasteiger partial charge in [0.15, 0.2) is 0 Å². The Hall–Kier alpha value is -4.14. The Labute approximate surface area is 260 Å². The zero-order valence-electron chi connectivity index (χ0n) is 25.8. The Kier molecular flexibility index (Phi) is 9.71. The van der Waals surface area contributed by atoms with E-state index in [2.05, 4.69) is 22.3 Å². The van der Waals surface area contributed by atoms with Crippen LogP contribution in [0.5, 0.6) is 5.75 Å². The molecule has 5 rings (SSSR count). The molecule has 2 amide bonds. The van der Waals surface area contributed by atoms with Crippen LogP contribution in [0.4, 0.5) is 10.5 Å². The number of aliphatic hydroxyl groups excluding tert-OH is 1. The van der Waals surface area contributed by atoms with Crippen molar-refractivity contribution in [2.24, 2.45) is 11.8 Å². The minimum Gasteiger partial charge on any atom is -0.508 e. The second-order valence-electron chi connectivity index (χ2n) is 12.8. The van der Waals surface area contributed by atoms with Gasteiger partial charge in [0.1, 0.15) is 11.4 Å². The van der Waals surface area contributed by atoms with Gasteiger partial charge in [-0.25, -0.2) is 4.79 Å². The molecule has 0 bridgehead atoms. The molecule has 2 aliphatic heterocycles. The van der Waals surface area contributed by atoms with Crippen LogP contribution in [0.3, 0.4) is 0 Å². The van der Waals surface area contributed by atoms with Gasteiger partial charge in [0.05, 0.1) is 6.54 Å². The van der Waals surface area contributed by atoms with Crippen molar-refractivity contribution in [1.29, 1.82) is 0 Å². The van der Waals surface area contributed by atoms with E-state index in [1.165, 1.54) is 0 Å². The van der Waals surface area contributed by atoms with Gasteiger partial charge in [-0.2, -0.15) is 0 Å². The van der Waals surface area contributed by atoms with E-state index in [1.54, 1.807) is 17.0 Å². The van der Waals surface area contributed by atoms with E-state index in [9.17, 15) is 19.8 Å². The van der Waals surface area contributed by atoms with Gasteiger partial charge >= 0.3 is 6.09 Å². The number of aliphatic hydroxyl groups is 1. The van der Waals surface area contributed by atoms with Crippen LogP contribution in [-0.4, -0.2) is 76.9 Å². The first kappa shape index (κ1) is 31.3. The molecule has 44 heavy (non-hydrogen) atoms. The third-order valence-electron chi connectivity index (χ3n) is 8.20. The number of allylic oxidation sites excluding steroid dienone is 1. The van der Waals surface area contributed by atoms with Crippen LogP contribution in [0.25, 0.3) is 11.1 Å². The fourth-order valence-corrected chi connectivity index (χ4v) is 6.27. The highest BCUT2D eigenvalue weighted by molar-refractivity contribution is 5.99. The molecule has 8 heteroatoms. The van der Waals surface area contributed by atoms with Gasteiger partial charge in [-0.05, 0) is 97.6 Å². The number of hydrogen-bond acceptors (Lipinski definition) is 6. The maximum Gasteiger partial charge on any atom is 0.410 e. The highest BCUT2D eigenvalue weighted by atomic mass is 16.6. The molecule has 0 unspecified atom stereocenters. The number of carbonyl (C=O) groups excluding carboxylic acids is 2. The van der Waals surface area contributed by atoms with Gasteiger partial charge < -0.3 is 25.2 Å². The quantitative estimate of drug-likeness (QED) is 0.267. The number of nitrogens with zero attached hydrogens (tertiary/aromatic N) is 2. The van der Waals surface area contributed by atoms with Crippen LogP contribution in [0.1, 0.15) is 50.3 Å². The molecule has 3 aromatic rings. The highest BCUT2D eigenvalue weighted by Gasteiger charge is 2.43. The average Bonchev–Trinajstić information content (AvgIpc) is 3.55. The maximum atomic E-state index is 13.0. The molecule has 2 saturated heterocycles. The summed E-state index contributed by atoms with van der Waals surface area (Å²) in [5.41, 5.74) is 5.35. The molecule has 3 aromatic carbocycles. The van der Waals surface area contributed by atoms with Crippen LogP contribution in [0.2, 0.25) is 0 Å². The summed E-state index contributed by atoms with van der Waals surface area (Å²) < 4.78 is 5.54. The predicted octanol–water partition coefficient (Wildman–Crippen LogP) is 5.86. The number of fused-ring (bicyclic) bond motifs is 1. The van der Waals surface area contributed by atoms with Crippen molar-refractivity contribution in [3.05, 3.63) is 95.6 Å². The number of likely N-dealkylation sites (tertiary alicyclic amines) is 2. The lowest BCUT2D eigenvalue weighted by Crippen LogP contribution is -2.38. The molecule has 2 fully saturated rings. The van der Waals surface area contributed by atoms with Crippen LogP contribution in [0, 0.1) is 11.8 Å². The lowest BCUT2D eigenvalue weighted by Gasteiger charge is -2.25. The fraction of sp³-hybridized carbons (Fsp3) is 0.389. The summed E-state index contributed by atoms with van der Waals surface area (Å²) >= 11 is 0. The van der Waals surface area contributed by atoms with Crippen molar-refractivity contribution in [3.8, 4) is 5.75 Å². The molecule has 232 valence electrons. The zero-order chi connectivity index (χ0) is 31.3. The molecule has 0 aromatic heterocycles. The van der Waals surface area contributed by atoms with E-state index < -0.39 is 5.60 Å². The SMILES string of the molecule is CC(C)(C)OC(=O)N1C[C@H]2CN(CC(=O)Nc3ccc(/C(=C(/CCCO)c4ccccc4)c4ccc(O)cc4)cc3)C[C@H]2C1. The minimum atomic E-state index is -0.509. The van der Waals surface area contributed by atoms with Gasteiger partial charge in [0.25, 0.3) is 0 Å². The van der Waals surface area contributed by atoms with Gasteiger partial charge in [0.2, 0.25) is 5.91 Å². The summed E-state index contributed by atoms with van der Waals surface area (Å²) in [6.45, 7) is 8.93. The molecule has 0 spiro atoms. The summed E-state index contributed by atoms with van der Waals surface area (Å²) in [5.74, 6) is 0.836. The lowest BCUT2D eigenvalue weighted by atomic mass is 9.87. The first-order valence-electron chi connectivity index (χ1n) is 15.4. The lowest BCUT2D eigenvalue weighted by molar-refractivity contribution is -0.117. The molecular formula is C36H43N3O5. The highest BCUT2D eigenvalue weighted by Crippen LogP contribution is 2.36. The molecule has 2 atom stereocenters. The number of hydrogen-bond donors (Lipinski definition) is 3. The van der Waals surface area contributed by atoms with E-state index in [0.717, 1.165) is 46.6 Å². The Morgan fingerprint density at radius 1 is 0.841 bits per heavy atom. The number of phenolic OH excluding ortho intramolecular Hbond substituents is 1. The monoisotopic (exact) mass is 597 g/mol. The summed E-state index contributed by atoms with van der Waals surface area (Å²) in [6.07, 6.45) is 1.05. The van der Waals surface area contributed by atoms with Gasteiger partial charge in [-0.3, -0.25) is 9.69 Å². The second kappa shape index (κ2) is 13.7. The van der Waals surface area contributed by atoms with E-state index in [4.69, 9.17) is 4.74 Å². The standard InChI is InChI=1S/C36H43N3O5/c1-36(2,3)44-35(43)39-22-28-20-38(21-29(28)23-39)24-33(42)37-30-15-11-26(12-16-30)34(27-13-17-31(41)18-14-27)32(10-7-19-40)25-8-5-4-6-9-25/h4-6,8-9,11-18,28-29,40-41H,7,10,19-24H2,1-3H3,(H,37,42)/b34-32+/t28-,29+. The van der Waals surface area contributed by atoms with E-state index in [0.29, 0.717) is 44.3 Å². The predicted molar refractivity (Wildman–Crippen MR) is 173 cm³/mol. The number of amides is 2. The number of ether oxygens (including phenoxy) is 1. The normalized spacial score (nSPS) is 19.0. The number of rotatable bonds is 9. The van der Waals surface area contributed by atoms with Gasteiger partial charge in [0, 0.05) is 38.5 Å². The number of aromatic hydroxyl groups is 1. The van der Waals surface area contributed by atoms with Crippen molar-refractivity contribution in [1.82, 2.24) is 9.80 Å². The van der Waals surface area contributed by atoms with Gasteiger partial charge in [-0.15, -0.1) is 0 Å². The number of benzene rings is 3. The molecule has 0 radical (unpaired) electrons. The van der Waals surface area contributed by atoms with Crippen molar-refractivity contribution in [3.63, 3.8) is 0 Å². The number of anilines is 1. The fourth-order valence-electron chi connectivity index (χ4n) is 6.27. The third-order valence-corrected chi connectivity index (χ3v) is 8.20. The first-order chi connectivity index (χ1) is 21.1. The Morgan fingerprint density at radius 2 is 1.43 bits per heavy atom. The first-order valence-corrected chi connectivity index (χ1v) is 15.4. The van der Waals surface area contributed by atoms with E-state index in [1.807, 2.05) is 75.4 Å². The Balaban J connectivity index is 1.26. The molecule has 2 heterocycles. The van der Waals surface area contributed by atoms with Crippen LogP contribution in [-0.2, 0) is 9.53 Å². The van der Waals surface area contributed by atoms with E-state index in [-0.39, 0.29) is 24.4 Å². The number of phenols is 1. The molecule has 0 saturated carbocycles.